The van der Waals surface area contributed by atoms with Crippen LogP contribution in [-0.2, 0) is 0 Å². The summed E-state index contributed by atoms with van der Waals surface area (Å²) < 4.78 is 3.26. The van der Waals surface area contributed by atoms with E-state index in [1.165, 1.54) is 0 Å². The Morgan fingerprint density at radius 2 is 1.76 bits per heavy atom. The molecule has 7 heteroatoms. The minimum Gasteiger partial charge on any atom is -0.378 e. The van der Waals surface area contributed by atoms with E-state index in [-0.39, 0.29) is 12.1 Å². The van der Waals surface area contributed by atoms with Crippen molar-refractivity contribution in [1.29, 1.82) is 0 Å². The predicted molar refractivity (Wildman–Crippen MR) is 142 cm³/mol. The summed E-state index contributed by atoms with van der Waals surface area (Å²) in [4.78, 5) is 8.97. The fourth-order valence-corrected chi connectivity index (χ4v) is 5.07. The second-order valence-corrected chi connectivity index (χ2v) is 9.49. The van der Waals surface area contributed by atoms with E-state index in [0.717, 1.165) is 32.9 Å². The third-order valence-corrected chi connectivity index (χ3v) is 6.72. The molecule has 0 saturated carbocycles. The number of nitrogens with zero attached hydrogens (tertiary/aromatic N) is 4. The quantitative estimate of drug-likeness (QED) is 0.334. The lowest BCUT2D eigenvalue weighted by atomic mass is 10.0. The van der Waals surface area contributed by atoms with Gasteiger partial charge in [-0.1, -0.05) is 28.1 Å². The molecule has 5 nitrogen and oxygen atoms in total. The highest BCUT2D eigenvalue weighted by Gasteiger charge is 2.42. The minimum atomic E-state index is -0.0898. The zero-order chi connectivity index (χ0) is 22.9. The van der Waals surface area contributed by atoms with Gasteiger partial charge in [0, 0.05) is 53.7 Å². The van der Waals surface area contributed by atoms with Gasteiger partial charge in [0.05, 0.1) is 11.7 Å². The van der Waals surface area contributed by atoms with Crippen molar-refractivity contribution in [2.75, 3.05) is 23.9 Å². The molecular formula is C26H24BrN5S. The highest BCUT2D eigenvalue weighted by atomic mass is 79.9. The van der Waals surface area contributed by atoms with Gasteiger partial charge in [-0.3, -0.25) is 4.98 Å². The maximum atomic E-state index is 5.88. The topological polar surface area (TPSA) is 36.3 Å². The molecule has 0 spiro atoms. The van der Waals surface area contributed by atoms with Gasteiger partial charge in [-0.2, -0.15) is 0 Å². The number of hydrogen-bond donors (Lipinski definition) is 1. The first-order chi connectivity index (χ1) is 16.0. The van der Waals surface area contributed by atoms with Crippen LogP contribution in [0.5, 0.6) is 0 Å². The maximum Gasteiger partial charge on any atom is 0.174 e. The van der Waals surface area contributed by atoms with Crippen LogP contribution in [0.4, 0.5) is 11.4 Å². The lowest BCUT2D eigenvalue weighted by Crippen LogP contribution is -2.30. The lowest BCUT2D eigenvalue weighted by Gasteiger charge is -2.29. The number of anilines is 2. The van der Waals surface area contributed by atoms with Crippen molar-refractivity contribution >= 4 is 44.6 Å². The molecule has 5 rings (SSSR count). The smallest absolute Gasteiger partial charge is 0.174 e. The highest BCUT2D eigenvalue weighted by Crippen LogP contribution is 2.42. The van der Waals surface area contributed by atoms with Gasteiger partial charge < -0.3 is 19.7 Å². The monoisotopic (exact) mass is 517 g/mol. The lowest BCUT2D eigenvalue weighted by molar-refractivity contribution is 0.549. The standard InChI is InChI=1S/C26H24BrN5S/c1-30(2)19-11-13-20(14-12-19)32-25(24(29-26(32)33)22-9-3-4-15-28-22)23-10-6-16-31(23)21-8-5-7-18(27)17-21/h3-17,24-25H,1-2H3,(H,29,33)/t24-,25-/m1/s1. The van der Waals surface area contributed by atoms with Crippen molar-refractivity contribution in [2.24, 2.45) is 0 Å². The molecule has 1 aliphatic heterocycles. The molecule has 2 aromatic carbocycles. The Bertz CT molecular complexity index is 1270. The number of pyridine rings is 1. The fraction of sp³-hybridized carbons (Fsp3) is 0.154. The van der Waals surface area contributed by atoms with E-state index in [1.54, 1.807) is 0 Å². The van der Waals surface area contributed by atoms with Crippen molar-refractivity contribution in [2.45, 2.75) is 12.1 Å². The summed E-state index contributed by atoms with van der Waals surface area (Å²) in [5, 5.41) is 4.24. The Kier molecular flexibility index (Phi) is 5.91. The van der Waals surface area contributed by atoms with E-state index in [4.69, 9.17) is 12.2 Å². The molecule has 1 saturated heterocycles. The van der Waals surface area contributed by atoms with E-state index in [9.17, 15) is 0 Å². The van der Waals surface area contributed by atoms with E-state index in [0.29, 0.717) is 5.11 Å². The predicted octanol–water partition coefficient (Wildman–Crippen LogP) is 5.88. The first-order valence-electron chi connectivity index (χ1n) is 10.7. The molecule has 2 aromatic heterocycles. The molecule has 1 fully saturated rings. The van der Waals surface area contributed by atoms with Gasteiger partial charge in [-0.25, -0.2) is 0 Å². The molecule has 33 heavy (non-hydrogen) atoms. The highest BCUT2D eigenvalue weighted by molar-refractivity contribution is 9.10. The van der Waals surface area contributed by atoms with Gasteiger partial charge in [0.1, 0.15) is 6.04 Å². The Labute approximate surface area is 207 Å². The summed E-state index contributed by atoms with van der Waals surface area (Å²) in [5.41, 5.74) is 5.37. The molecule has 1 N–H and O–H groups in total. The number of rotatable bonds is 5. The third kappa shape index (κ3) is 4.14. The Balaban J connectivity index is 1.64. The van der Waals surface area contributed by atoms with Gasteiger partial charge >= 0.3 is 0 Å². The van der Waals surface area contributed by atoms with E-state index in [2.05, 4.69) is 107 Å². The summed E-state index contributed by atoms with van der Waals surface area (Å²) >= 11 is 9.49. The molecule has 0 aliphatic carbocycles. The molecule has 0 unspecified atom stereocenters. The van der Waals surface area contributed by atoms with Gasteiger partial charge in [-0.05, 0) is 78.9 Å². The molecule has 0 radical (unpaired) electrons. The zero-order valence-corrected chi connectivity index (χ0v) is 20.8. The summed E-state index contributed by atoms with van der Waals surface area (Å²) in [5.74, 6) is 0. The normalized spacial score (nSPS) is 17.8. The van der Waals surface area contributed by atoms with E-state index >= 15 is 0 Å². The molecule has 3 heterocycles. The first-order valence-corrected chi connectivity index (χ1v) is 11.9. The summed E-state index contributed by atoms with van der Waals surface area (Å²) in [6, 6.07) is 26.9. The van der Waals surface area contributed by atoms with E-state index in [1.807, 2.05) is 38.5 Å². The summed E-state index contributed by atoms with van der Waals surface area (Å²) in [7, 11) is 4.09. The Morgan fingerprint density at radius 1 is 0.939 bits per heavy atom. The molecule has 4 aromatic rings. The third-order valence-electron chi connectivity index (χ3n) is 5.91. The van der Waals surface area contributed by atoms with Crippen LogP contribution in [0, 0.1) is 0 Å². The molecule has 2 atom stereocenters. The number of hydrogen-bond acceptors (Lipinski definition) is 3. The molecular weight excluding hydrogens is 494 g/mol. The Hall–Kier alpha value is -3.16. The number of aromatic nitrogens is 2. The van der Waals surface area contributed by atoms with Gasteiger partial charge in [0.2, 0.25) is 0 Å². The molecule has 0 amide bonds. The fourth-order valence-electron chi connectivity index (χ4n) is 4.34. The molecule has 0 bridgehead atoms. The van der Waals surface area contributed by atoms with Crippen LogP contribution in [-0.4, -0.2) is 28.8 Å². The second-order valence-electron chi connectivity index (χ2n) is 8.19. The number of nitrogens with one attached hydrogen (secondary N) is 1. The van der Waals surface area contributed by atoms with Gasteiger partial charge in [-0.15, -0.1) is 0 Å². The van der Waals surface area contributed by atoms with Crippen LogP contribution in [0.25, 0.3) is 5.69 Å². The van der Waals surface area contributed by atoms with Crippen LogP contribution in [0.3, 0.4) is 0 Å². The van der Waals surface area contributed by atoms with Crippen LogP contribution in [0.1, 0.15) is 23.5 Å². The van der Waals surface area contributed by atoms with Crippen LogP contribution in [0.15, 0.2) is 95.7 Å². The average molecular weight is 518 g/mol. The second kappa shape index (κ2) is 9.00. The summed E-state index contributed by atoms with van der Waals surface area (Å²) in [6.45, 7) is 0. The van der Waals surface area contributed by atoms with Crippen molar-refractivity contribution in [3.8, 4) is 5.69 Å². The molecule has 166 valence electrons. The number of halogens is 1. The number of thiocarbonyl (C=S) groups is 1. The van der Waals surface area contributed by atoms with Crippen molar-refractivity contribution in [1.82, 2.24) is 14.9 Å². The molecule has 1 aliphatic rings. The zero-order valence-electron chi connectivity index (χ0n) is 18.4. The van der Waals surface area contributed by atoms with Crippen molar-refractivity contribution in [3.63, 3.8) is 0 Å². The van der Waals surface area contributed by atoms with Crippen LogP contribution >= 0.6 is 28.1 Å². The number of benzene rings is 2. The minimum absolute atomic E-state index is 0.0772. The summed E-state index contributed by atoms with van der Waals surface area (Å²) in [6.07, 6.45) is 3.93. The van der Waals surface area contributed by atoms with Gasteiger partial charge in [0.25, 0.3) is 0 Å². The van der Waals surface area contributed by atoms with E-state index < -0.39 is 0 Å². The largest absolute Gasteiger partial charge is 0.378 e. The maximum absolute atomic E-state index is 5.88. The van der Waals surface area contributed by atoms with Crippen LogP contribution < -0.4 is 15.1 Å². The average Bonchev–Trinajstić information content (AvgIpc) is 3.44. The van der Waals surface area contributed by atoms with Crippen molar-refractivity contribution < 1.29 is 0 Å². The van der Waals surface area contributed by atoms with Crippen LogP contribution in [0.2, 0.25) is 0 Å². The Morgan fingerprint density at radius 3 is 2.45 bits per heavy atom. The SMILES string of the molecule is CN(C)c1ccc(N2C(=S)N[C@H](c3ccccn3)[C@H]2c2cccn2-c2cccc(Br)c2)cc1. The van der Waals surface area contributed by atoms with Gasteiger partial charge in [0.15, 0.2) is 5.11 Å². The first kappa shape index (κ1) is 21.7. The van der Waals surface area contributed by atoms with Crippen molar-refractivity contribution in [3.05, 3.63) is 107 Å².